The van der Waals surface area contributed by atoms with E-state index in [1.54, 1.807) is 6.07 Å². The first kappa shape index (κ1) is 18.3. The molecule has 1 aliphatic rings. The van der Waals surface area contributed by atoms with Gasteiger partial charge in [0.1, 0.15) is 4.21 Å². The number of thioether (sulfide) groups is 1. The van der Waals surface area contributed by atoms with Crippen molar-refractivity contribution in [2.45, 2.75) is 43.4 Å². The Balaban J connectivity index is 1.88. The van der Waals surface area contributed by atoms with E-state index < -0.39 is 10.0 Å². The highest BCUT2D eigenvalue weighted by molar-refractivity contribution is 7.99. The Morgan fingerprint density at radius 1 is 1.23 bits per heavy atom. The van der Waals surface area contributed by atoms with Gasteiger partial charge in [0.05, 0.1) is 0 Å². The summed E-state index contributed by atoms with van der Waals surface area (Å²) in [5.41, 5.74) is 0. The molecule has 1 N–H and O–H groups in total. The molecular weight excluding hydrogens is 336 g/mol. The second-order valence-corrected chi connectivity index (χ2v) is 9.96. The van der Waals surface area contributed by atoms with Crippen molar-refractivity contribution in [3.8, 4) is 0 Å². The zero-order chi connectivity index (χ0) is 16.0. The predicted octanol–water partition coefficient (Wildman–Crippen LogP) is 2.81. The molecule has 126 valence electrons. The molecule has 0 bridgehead atoms. The van der Waals surface area contributed by atoms with E-state index in [9.17, 15) is 8.42 Å². The molecule has 2 rings (SSSR count). The van der Waals surface area contributed by atoms with Gasteiger partial charge in [-0.2, -0.15) is 16.1 Å². The molecule has 0 saturated carbocycles. The van der Waals surface area contributed by atoms with Crippen molar-refractivity contribution >= 4 is 33.1 Å². The Kier molecular flexibility index (Phi) is 7.21. The number of sulfonamides is 1. The van der Waals surface area contributed by atoms with Gasteiger partial charge in [-0.25, -0.2) is 8.42 Å². The SMILES string of the molecule is CCN(CC)S(=O)(=O)c1ccc(CCNC2CCSCC2)s1. The number of hydrogen-bond donors (Lipinski definition) is 1. The normalized spacial score (nSPS) is 17.2. The van der Waals surface area contributed by atoms with E-state index >= 15 is 0 Å². The summed E-state index contributed by atoms with van der Waals surface area (Å²) in [6.07, 6.45) is 3.40. The van der Waals surface area contributed by atoms with E-state index in [1.165, 1.54) is 40.0 Å². The Hall–Kier alpha value is -0.0800. The molecular formula is C15H26N2O2S3. The third-order valence-corrected chi connectivity index (χ3v) is 8.67. The van der Waals surface area contributed by atoms with Crippen LogP contribution in [0.2, 0.25) is 0 Å². The maximum atomic E-state index is 12.4. The fourth-order valence-electron chi connectivity index (χ4n) is 2.62. The Morgan fingerprint density at radius 3 is 2.55 bits per heavy atom. The summed E-state index contributed by atoms with van der Waals surface area (Å²) in [5, 5.41) is 3.60. The summed E-state index contributed by atoms with van der Waals surface area (Å²) >= 11 is 3.44. The van der Waals surface area contributed by atoms with Crippen LogP contribution in [0, 0.1) is 0 Å². The van der Waals surface area contributed by atoms with E-state index in [2.05, 4.69) is 5.32 Å². The first-order chi connectivity index (χ1) is 10.6. The monoisotopic (exact) mass is 362 g/mol. The summed E-state index contributed by atoms with van der Waals surface area (Å²) in [4.78, 5) is 1.14. The summed E-state index contributed by atoms with van der Waals surface area (Å²) in [6.45, 7) is 5.73. The van der Waals surface area contributed by atoms with Gasteiger partial charge in [0.2, 0.25) is 0 Å². The van der Waals surface area contributed by atoms with Crippen LogP contribution in [-0.2, 0) is 16.4 Å². The smallest absolute Gasteiger partial charge is 0.252 e. The standard InChI is InChI=1S/C15H26N2O2S3/c1-3-17(4-2)22(18,19)15-6-5-14(21-15)7-10-16-13-8-11-20-12-9-13/h5-6,13,16H,3-4,7-12H2,1-2H3. The summed E-state index contributed by atoms with van der Waals surface area (Å²) in [5.74, 6) is 2.51. The molecule has 0 aromatic carbocycles. The van der Waals surface area contributed by atoms with Gasteiger partial charge in [-0.15, -0.1) is 11.3 Å². The quantitative estimate of drug-likeness (QED) is 0.772. The fourth-order valence-corrected chi connectivity index (χ4v) is 6.70. The van der Waals surface area contributed by atoms with E-state index in [4.69, 9.17) is 0 Å². The largest absolute Gasteiger partial charge is 0.314 e. The van der Waals surface area contributed by atoms with Crippen LogP contribution in [0.1, 0.15) is 31.6 Å². The van der Waals surface area contributed by atoms with Crippen molar-refractivity contribution in [3.05, 3.63) is 17.0 Å². The third-order valence-electron chi connectivity index (χ3n) is 3.96. The van der Waals surface area contributed by atoms with Gasteiger partial charge < -0.3 is 5.32 Å². The Morgan fingerprint density at radius 2 is 1.91 bits per heavy atom. The second kappa shape index (κ2) is 8.68. The average Bonchev–Trinajstić information content (AvgIpc) is 2.99. The minimum atomic E-state index is -3.30. The van der Waals surface area contributed by atoms with Gasteiger partial charge in [-0.3, -0.25) is 0 Å². The molecule has 0 spiro atoms. The zero-order valence-corrected chi connectivity index (χ0v) is 15.8. The highest BCUT2D eigenvalue weighted by Crippen LogP contribution is 2.25. The average molecular weight is 363 g/mol. The van der Waals surface area contributed by atoms with Crippen molar-refractivity contribution in [1.29, 1.82) is 0 Å². The molecule has 0 radical (unpaired) electrons. The van der Waals surface area contributed by atoms with Crippen LogP contribution >= 0.6 is 23.1 Å². The number of thiophene rings is 1. The van der Waals surface area contributed by atoms with Crippen molar-refractivity contribution in [1.82, 2.24) is 9.62 Å². The Bertz CT molecular complexity index is 547. The molecule has 1 aliphatic heterocycles. The molecule has 7 heteroatoms. The molecule has 1 aromatic rings. The van der Waals surface area contributed by atoms with Gasteiger partial charge in [-0.1, -0.05) is 13.8 Å². The van der Waals surface area contributed by atoms with Gasteiger partial charge in [0, 0.05) is 30.6 Å². The van der Waals surface area contributed by atoms with E-state index in [0.717, 1.165) is 17.8 Å². The molecule has 0 unspecified atom stereocenters. The van der Waals surface area contributed by atoms with Crippen LogP contribution in [0.15, 0.2) is 16.3 Å². The lowest BCUT2D eigenvalue weighted by Crippen LogP contribution is -2.33. The molecule has 0 amide bonds. The number of hydrogen-bond acceptors (Lipinski definition) is 5. The maximum absolute atomic E-state index is 12.4. The minimum absolute atomic E-state index is 0.472. The lowest BCUT2D eigenvalue weighted by molar-refractivity contribution is 0.447. The van der Waals surface area contributed by atoms with Gasteiger partial charge in [-0.05, 0) is 42.9 Å². The molecule has 0 atom stereocenters. The second-order valence-electron chi connectivity index (χ2n) is 5.40. The first-order valence-corrected chi connectivity index (χ1v) is 11.4. The van der Waals surface area contributed by atoms with Crippen LogP contribution in [0.4, 0.5) is 0 Å². The molecule has 1 saturated heterocycles. The van der Waals surface area contributed by atoms with Crippen LogP contribution in [0.25, 0.3) is 0 Å². The highest BCUT2D eigenvalue weighted by atomic mass is 32.2. The highest BCUT2D eigenvalue weighted by Gasteiger charge is 2.23. The molecule has 22 heavy (non-hydrogen) atoms. The molecule has 4 nitrogen and oxygen atoms in total. The van der Waals surface area contributed by atoms with Crippen molar-refractivity contribution in [2.75, 3.05) is 31.1 Å². The number of nitrogens with zero attached hydrogens (tertiary/aromatic N) is 1. The van der Waals surface area contributed by atoms with Gasteiger partial charge in [0.25, 0.3) is 10.0 Å². The van der Waals surface area contributed by atoms with Crippen LogP contribution in [0.5, 0.6) is 0 Å². The van der Waals surface area contributed by atoms with Crippen LogP contribution in [-0.4, -0.2) is 49.9 Å². The van der Waals surface area contributed by atoms with Crippen molar-refractivity contribution < 1.29 is 8.42 Å². The van der Waals surface area contributed by atoms with E-state index in [0.29, 0.717) is 23.3 Å². The summed E-state index contributed by atoms with van der Waals surface area (Å²) < 4.78 is 26.9. The molecule has 1 aromatic heterocycles. The van der Waals surface area contributed by atoms with Gasteiger partial charge in [0.15, 0.2) is 0 Å². The molecule has 2 heterocycles. The topological polar surface area (TPSA) is 49.4 Å². The van der Waals surface area contributed by atoms with Crippen molar-refractivity contribution in [3.63, 3.8) is 0 Å². The lowest BCUT2D eigenvalue weighted by Gasteiger charge is -2.22. The predicted molar refractivity (Wildman–Crippen MR) is 96.5 cm³/mol. The van der Waals surface area contributed by atoms with Crippen molar-refractivity contribution in [2.24, 2.45) is 0 Å². The summed E-state index contributed by atoms with van der Waals surface area (Å²) in [6, 6.07) is 4.35. The molecule has 0 aliphatic carbocycles. The Labute approximate surface area is 142 Å². The zero-order valence-electron chi connectivity index (χ0n) is 13.4. The summed E-state index contributed by atoms with van der Waals surface area (Å²) in [7, 11) is -3.30. The van der Waals surface area contributed by atoms with Gasteiger partial charge >= 0.3 is 0 Å². The fraction of sp³-hybridized carbons (Fsp3) is 0.733. The number of nitrogens with one attached hydrogen (secondary N) is 1. The van der Waals surface area contributed by atoms with Crippen LogP contribution < -0.4 is 5.32 Å². The maximum Gasteiger partial charge on any atom is 0.252 e. The third kappa shape index (κ3) is 4.71. The lowest BCUT2D eigenvalue weighted by atomic mass is 10.1. The molecule has 1 fully saturated rings. The number of rotatable bonds is 8. The minimum Gasteiger partial charge on any atom is -0.314 e. The van der Waals surface area contributed by atoms with Crippen LogP contribution in [0.3, 0.4) is 0 Å². The van der Waals surface area contributed by atoms with E-state index in [-0.39, 0.29) is 0 Å². The van der Waals surface area contributed by atoms with E-state index in [1.807, 2.05) is 31.7 Å². The first-order valence-electron chi connectivity index (χ1n) is 7.98.